The molecule has 0 saturated heterocycles. The number of hydrogen-bond acceptors (Lipinski definition) is 9. The third kappa shape index (κ3) is 4.07. The molecule has 3 aromatic heterocycles. The number of aliphatic hydroxyl groups excluding tert-OH is 1. The van der Waals surface area contributed by atoms with E-state index < -0.39 is 12.0 Å². The van der Waals surface area contributed by atoms with Crippen molar-refractivity contribution in [2.24, 2.45) is 0 Å². The number of amides is 1. The minimum absolute atomic E-state index is 0.305. The molecular formula is C18H19N5O4S. The number of aliphatic hydroxyl groups is 1. The van der Waals surface area contributed by atoms with E-state index in [4.69, 9.17) is 9.47 Å². The van der Waals surface area contributed by atoms with E-state index in [1.807, 2.05) is 6.92 Å². The van der Waals surface area contributed by atoms with Gasteiger partial charge in [-0.05, 0) is 37.3 Å². The van der Waals surface area contributed by atoms with Crippen molar-refractivity contribution in [3.8, 4) is 22.1 Å². The largest absolute Gasteiger partial charge is 0.494 e. The van der Waals surface area contributed by atoms with Gasteiger partial charge in [0.1, 0.15) is 5.75 Å². The van der Waals surface area contributed by atoms with Crippen molar-refractivity contribution in [3.63, 3.8) is 0 Å². The van der Waals surface area contributed by atoms with Crippen LogP contribution in [0.2, 0.25) is 0 Å². The predicted molar refractivity (Wildman–Crippen MR) is 104 cm³/mol. The molecule has 0 aliphatic carbocycles. The van der Waals surface area contributed by atoms with Crippen molar-refractivity contribution in [1.82, 2.24) is 20.2 Å². The molecule has 0 fully saturated rings. The number of rotatable bonds is 6. The SMILES string of the molecule is COc1nnc(NC(=O)c2cnc(C)cc2-c2cc([C@H](C)O)ncc2OC)s1. The number of methoxy groups -OCH3 is 2. The van der Waals surface area contributed by atoms with Crippen molar-refractivity contribution in [2.75, 3.05) is 19.5 Å². The minimum Gasteiger partial charge on any atom is -0.494 e. The molecule has 28 heavy (non-hydrogen) atoms. The highest BCUT2D eigenvalue weighted by Crippen LogP contribution is 2.34. The lowest BCUT2D eigenvalue weighted by molar-refractivity contribution is 0.102. The van der Waals surface area contributed by atoms with E-state index in [0.29, 0.717) is 38.5 Å². The molecule has 1 atom stereocenters. The smallest absolute Gasteiger partial charge is 0.295 e. The van der Waals surface area contributed by atoms with Crippen molar-refractivity contribution in [1.29, 1.82) is 0 Å². The zero-order chi connectivity index (χ0) is 20.3. The summed E-state index contributed by atoms with van der Waals surface area (Å²) in [4.78, 5) is 21.3. The fourth-order valence-electron chi connectivity index (χ4n) is 2.53. The van der Waals surface area contributed by atoms with Gasteiger partial charge < -0.3 is 14.6 Å². The van der Waals surface area contributed by atoms with Gasteiger partial charge >= 0.3 is 0 Å². The van der Waals surface area contributed by atoms with E-state index in [-0.39, 0.29) is 0 Å². The van der Waals surface area contributed by atoms with Crippen LogP contribution in [0.25, 0.3) is 11.1 Å². The van der Waals surface area contributed by atoms with Crippen LogP contribution in [0, 0.1) is 6.92 Å². The molecule has 0 saturated carbocycles. The molecular weight excluding hydrogens is 382 g/mol. The van der Waals surface area contributed by atoms with E-state index in [1.54, 1.807) is 19.1 Å². The zero-order valence-electron chi connectivity index (χ0n) is 15.8. The van der Waals surface area contributed by atoms with Crippen LogP contribution in [-0.4, -0.2) is 45.4 Å². The van der Waals surface area contributed by atoms with Crippen molar-refractivity contribution >= 4 is 22.4 Å². The van der Waals surface area contributed by atoms with Crippen LogP contribution in [-0.2, 0) is 0 Å². The number of ether oxygens (including phenoxy) is 2. The first-order chi connectivity index (χ1) is 13.4. The summed E-state index contributed by atoms with van der Waals surface area (Å²) in [6, 6.07) is 3.47. The van der Waals surface area contributed by atoms with Gasteiger partial charge in [-0.3, -0.25) is 20.1 Å². The van der Waals surface area contributed by atoms with Crippen LogP contribution >= 0.6 is 11.3 Å². The Labute approximate surface area is 165 Å². The number of carbonyl (C=O) groups is 1. The summed E-state index contributed by atoms with van der Waals surface area (Å²) < 4.78 is 10.4. The quantitative estimate of drug-likeness (QED) is 0.647. The number of hydrogen-bond donors (Lipinski definition) is 2. The van der Waals surface area contributed by atoms with Crippen molar-refractivity contribution in [3.05, 3.63) is 41.5 Å². The Morgan fingerprint density at radius 2 is 1.93 bits per heavy atom. The molecule has 0 aromatic carbocycles. The Balaban J connectivity index is 2.06. The summed E-state index contributed by atoms with van der Waals surface area (Å²) >= 11 is 1.11. The van der Waals surface area contributed by atoms with Crippen LogP contribution in [0.15, 0.2) is 24.5 Å². The second-order valence-electron chi connectivity index (χ2n) is 5.89. The average molecular weight is 401 g/mol. The zero-order valence-corrected chi connectivity index (χ0v) is 16.6. The van der Waals surface area contributed by atoms with Gasteiger partial charge in [0, 0.05) is 23.0 Å². The summed E-state index contributed by atoms with van der Waals surface area (Å²) in [6.45, 7) is 3.44. The first-order valence-electron chi connectivity index (χ1n) is 8.30. The topological polar surface area (TPSA) is 119 Å². The molecule has 3 heterocycles. The minimum atomic E-state index is -0.765. The molecule has 146 valence electrons. The van der Waals surface area contributed by atoms with Gasteiger partial charge in [0.05, 0.1) is 37.8 Å². The van der Waals surface area contributed by atoms with E-state index in [2.05, 4.69) is 25.5 Å². The standard InChI is InChI=1S/C18H19N5O4S/c1-9-5-11(12-6-14(10(2)24)20-8-15(12)26-3)13(7-19-9)16(25)21-17-22-23-18(27-4)28-17/h5-8,10,24H,1-4H3,(H,21,22,25)/t10-/m0/s1. The van der Waals surface area contributed by atoms with Crippen molar-refractivity contribution < 1.29 is 19.4 Å². The van der Waals surface area contributed by atoms with Gasteiger partial charge in [-0.1, -0.05) is 5.10 Å². The van der Waals surface area contributed by atoms with E-state index in [0.717, 1.165) is 17.0 Å². The molecule has 9 nitrogen and oxygen atoms in total. The highest BCUT2D eigenvalue weighted by Gasteiger charge is 2.20. The number of nitrogens with one attached hydrogen (secondary N) is 1. The first kappa shape index (κ1) is 19.6. The Hall–Kier alpha value is -3.11. The third-order valence-corrected chi connectivity index (χ3v) is 4.71. The van der Waals surface area contributed by atoms with Crippen LogP contribution in [0.4, 0.5) is 5.13 Å². The lowest BCUT2D eigenvalue weighted by Crippen LogP contribution is -2.14. The van der Waals surface area contributed by atoms with E-state index in [9.17, 15) is 9.90 Å². The van der Waals surface area contributed by atoms with Crippen LogP contribution in [0.5, 0.6) is 10.9 Å². The number of pyridine rings is 2. The van der Waals surface area contributed by atoms with Gasteiger partial charge in [-0.15, -0.1) is 5.10 Å². The molecule has 3 aromatic rings. The average Bonchev–Trinajstić information content (AvgIpc) is 3.14. The summed E-state index contributed by atoms with van der Waals surface area (Å²) in [5.41, 5.74) is 2.73. The lowest BCUT2D eigenvalue weighted by Gasteiger charge is -2.15. The van der Waals surface area contributed by atoms with Crippen molar-refractivity contribution in [2.45, 2.75) is 20.0 Å². The van der Waals surface area contributed by atoms with Gasteiger partial charge in [-0.25, -0.2) is 0 Å². The molecule has 1 amide bonds. The fraction of sp³-hybridized carbons (Fsp3) is 0.278. The second kappa shape index (κ2) is 8.28. The lowest BCUT2D eigenvalue weighted by atomic mass is 9.98. The normalized spacial score (nSPS) is 11.8. The number of aromatic nitrogens is 4. The first-order valence-corrected chi connectivity index (χ1v) is 9.12. The second-order valence-corrected chi connectivity index (χ2v) is 6.83. The highest BCUT2D eigenvalue weighted by molar-refractivity contribution is 7.17. The van der Waals surface area contributed by atoms with Gasteiger partial charge in [-0.2, -0.15) is 0 Å². The maximum Gasteiger partial charge on any atom is 0.295 e. The fourth-order valence-corrected chi connectivity index (χ4v) is 3.09. The summed E-state index contributed by atoms with van der Waals surface area (Å²) in [7, 11) is 2.99. The number of nitrogens with zero attached hydrogens (tertiary/aromatic N) is 4. The third-order valence-electron chi connectivity index (χ3n) is 3.91. The molecule has 10 heteroatoms. The van der Waals surface area contributed by atoms with Crippen LogP contribution in [0.1, 0.15) is 34.8 Å². The summed E-state index contributed by atoms with van der Waals surface area (Å²) in [5, 5.41) is 20.9. The molecule has 0 aliphatic rings. The molecule has 0 unspecified atom stereocenters. The van der Waals surface area contributed by atoms with Gasteiger partial charge in [0.2, 0.25) is 5.13 Å². The van der Waals surface area contributed by atoms with E-state index in [1.165, 1.54) is 26.6 Å². The monoisotopic (exact) mass is 401 g/mol. The molecule has 3 rings (SSSR count). The predicted octanol–water partition coefficient (Wildman–Crippen LogP) is 2.63. The molecule has 0 spiro atoms. The maximum absolute atomic E-state index is 12.9. The molecule has 0 bridgehead atoms. The maximum atomic E-state index is 12.9. The molecule has 0 aliphatic heterocycles. The summed E-state index contributed by atoms with van der Waals surface area (Å²) in [6.07, 6.45) is 2.24. The van der Waals surface area contributed by atoms with E-state index >= 15 is 0 Å². The van der Waals surface area contributed by atoms with Gasteiger partial charge in [0.15, 0.2) is 0 Å². The Morgan fingerprint density at radius 3 is 2.57 bits per heavy atom. The number of carbonyl (C=O) groups excluding carboxylic acids is 1. The Kier molecular flexibility index (Phi) is 5.81. The summed E-state index contributed by atoms with van der Waals surface area (Å²) in [5.74, 6) is 0.0698. The Morgan fingerprint density at radius 1 is 1.14 bits per heavy atom. The number of aryl methyl sites for hydroxylation is 1. The molecule has 0 radical (unpaired) electrons. The number of anilines is 1. The van der Waals surface area contributed by atoms with Crippen LogP contribution < -0.4 is 14.8 Å². The highest BCUT2D eigenvalue weighted by atomic mass is 32.1. The Bertz CT molecular complexity index is 1010. The molecule has 2 N–H and O–H groups in total. The van der Waals surface area contributed by atoms with Gasteiger partial charge in [0.25, 0.3) is 11.1 Å². The van der Waals surface area contributed by atoms with Crippen LogP contribution in [0.3, 0.4) is 0 Å².